The van der Waals surface area contributed by atoms with E-state index in [2.05, 4.69) is 4.98 Å². The summed E-state index contributed by atoms with van der Waals surface area (Å²) < 4.78 is 13.7. The van der Waals surface area contributed by atoms with Gasteiger partial charge in [-0.3, -0.25) is 4.79 Å². The van der Waals surface area contributed by atoms with E-state index in [1.165, 1.54) is 24.3 Å². The summed E-state index contributed by atoms with van der Waals surface area (Å²) in [6.07, 6.45) is 0. The molecule has 0 fully saturated rings. The minimum atomic E-state index is -0.455. The number of aromatic hydroxyl groups is 1. The highest BCUT2D eigenvalue weighted by Crippen LogP contribution is 2.34. The first kappa shape index (κ1) is 14.3. The second-order valence-corrected chi connectivity index (χ2v) is 6.07. The van der Waals surface area contributed by atoms with Gasteiger partial charge in [0.15, 0.2) is 0 Å². The monoisotopic (exact) mass is 415 g/mol. The summed E-state index contributed by atoms with van der Waals surface area (Å²) in [5, 5.41) is 11.4. The van der Waals surface area contributed by atoms with E-state index in [-0.39, 0.29) is 11.3 Å². The topological polar surface area (TPSA) is 53.1 Å². The molecule has 2 aromatic carbocycles. The third-order valence-electron chi connectivity index (χ3n) is 3.16. The van der Waals surface area contributed by atoms with Crippen molar-refractivity contribution < 1.29 is 9.50 Å². The zero-order valence-electron chi connectivity index (χ0n) is 10.5. The first-order valence-corrected chi connectivity index (χ1v) is 7.43. The molecule has 0 bridgehead atoms. The van der Waals surface area contributed by atoms with Crippen molar-refractivity contribution in [2.24, 2.45) is 0 Å². The summed E-state index contributed by atoms with van der Waals surface area (Å²) in [5.41, 5.74) is 0.556. The van der Waals surface area contributed by atoms with Crippen LogP contribution in [-0.4, -0.2) is 10.1 Å². The maximum Gasteiger partial charge on any atom is 0.260 e. The van der Waals surface area contributed by atoms with Gasteiger partial charge >= 0.3 is 0 Å². The van der Waals surface area contributed by atoms with E-state index in [4.69, 9.17) is 11.6 Å². The Kier molecular flexibility index (Phi) is 3.62. The number of hydrogen-bond donors (Lipinski definition) is 2. The third-order valence-corrected chi connectivity index (χ3v) is 4.68. The molecule has 2 N–H and O–H groups in total. The Balaban J connectivity index is 2.36. The van der Waals surface area contributed by atoms with E-state index < -0.39 is 11.4 Å². The molecule has 1 aromatic heterocycles. The molecule has 1 heterocycles. The SMILES string of the molecule is O=c1[nH]c2cc(Cl)c(I)cc2c(O)c1-c1ccc(F)cc1. The molecule has 0 unspecified atom stereocenters. The summed E-state index contributed by atoms with van der Waals surface area (Å²) in [6, 6.07) is 8.66. The quantitative estimate of drug-likeness (QED) is 0.582. The van der Waals surface area contributed by atoms with Crippen molar-refractivity contribution in [1.82, 2.24) is 4.98 Å². The highest BCUT2D eigenvalue weighted by atomic mass is 127. The Morgan fingerprint density at radius 2 is 1.86 bits per heavy atom. The Bertz CT molecular complexity index is 906. The molecule has 6 heteroatoms. The van der Waals surface area contributed by atoms with Crippen molar-refractivity contribution in [2.45, 2.75) is 0 Å². The largest absolute Gasteiger partial charge is 0.506 e. The van der Waals surface area contributed by atoms with Gasteiger partial charge in [0, 0.05) is 8.96 Å². The predicted octanol–water partition coefficient (Wildman–Crippen LogP) is 4.30. The van der Waals surface area contributed by atoms with Crippen LogP contribution in [0.15, 0.2) is 41.2 Å². The summed E-state index contributed by atoms with van der Waals surface area (Å²) in [6.45, 7) is 0. The summed E-state index contributed by atoms with van der Waals surface area (Å²) in [5.74, 6) is -0.549. The lowest BCUT2D eigenvalue weighted by Gasteiger charge is -2.09. The minimum absolute atomic E-state index is 0.112. The van der Waals surface area contributed by atoms with Crippen LogP contribution in [0.25, 0.3) is 22.0 Å². The van der Waals surface area contributed by atoms with Gasteiger partial charge in [0.2, 0.25) is 0 Å². The van der Waals surface area contributed by atoms with Crippen LogP contribution in [0.4, 0.5) is 4.39 Å². The molecule has 3 rings (SSSR count). The molecule has 0 amide bonds. The maximum absolute atomic E-state index is 13.0. The van der Waals surface area contributed by atoms with E-state index in [1.54, 1.807) is 12.1 Å². The molecule has 0 saturated carbocycles. The second kappa shape index (κ2) is 5.31. The van der Waals surface area contributed by atoms with Gasteiger partial charge in [-0.15, -0.1) is 0 Å². The lowest BCUT2D eigenvalue weighted by Crippen LogP contribution is -2.09. The fourth-order valence-electron chi connectivity index (χ4n) is 2.16. The zero-order valence-corrected chi connectivity index (χ0v) is 13.4. The number of halogens is 3. The number of pyridine rings is 1. The maximum atomic E-state index is 13.0. The molecule has 0 atom stereocenters. The molecule has 21 heavy (non-hydrogen) atoms. The standard InChI is InChI=1S/C15H8ClFINO2/c16-10-6-12-9(5-11(10)18)14(20)13(15(21)19-12)7-1-3-8(17)4-2-7/h1-6H,(H2,19,20,21). The van der Waals surface area contributed by atoms with Crippen molar-refractivity contribution in [3.63, 3.8) is 0 Å². The van der Waals surface area contributed by atoms with Gasteiger partial charge in [-0.1, -0.05) is 23.7 Å². The molecule has 0 aliphatic heterocycles. The fourth-order valence-corrected chi connectivity index (χ4v) is 2.79. The van der Waals surface area contributed by atoms with Crippen LogP contribution in [0.1, 0.15) is 0 Å². The van der Waals surface area contributed by atoms with Crippen molar-refractivity contribution in [3.05, 3.63) is 61.2 Å². The van der Waals surface area contributed by atoms with Gasteiger partial charge < -0.3 is 10.1 Å². The van der Waals surface area contributed by atoms with Gasteiger partial charge in [0.25, 0.3) is 5.56 Å². The van der Waals surface area contributed by atoms with Crippen molar-refractivity contribution in [2.75, 3.05) is 0 Å². The van der Waals surface area contributed by atoms with Crippen LogP contribution < -0.4 is 5.56 Å². The number of aromatic amines is 1. The molecule has 3 nitrogen and oxygen atoms in total. The van der Waals surface area contributed by atoms with Crippen molar-refractivity contribution >= 4 is 45.1 Å². The Labute approximate surface area is 137 Å². The van der Waals surface area contributed by atoms with Crippen molar-refractivity contribution in [1.29, 1.82) is 0 Å². The number of rotatable bonds is 1. The predicted molar refractivity (Wildman–Crippen MR) is 89.4 cm³/mol. The first-order valence-electron chi connectivity index (χ1n) is 5.97. The van der Waals surface area contributed by atoms with E-state index in [0.29, 0.717) is 21.5 Å². The average Bonchev–Trinajstić information content (AvgIpc) is 2.43. The van der Waals surface area contributed by atoms with Crippen LogP contribution in [0, 0.1) is 9.39 Å². The van der Waals surface area contributed by atoms with Gasteiger partial charge in [-0.05, 0) is 52.4 Å². The normalized spacial score (nSPS) is 11.0. The minimum Gasteiger partial charge on any atom is -0.506 e. The molecular weight excluding hydrogens is 408 g/mol. The Morgan fingerprint density at radius 1 is 1.19 bits per heavy atom. The summed E-state index contributed by atoms with van der Waals surface area (Å²) in [4.78, 5) is 14.9. The lowest BCUT2D eigenvalue weighted by atomic mass is 10.0. The van der Waals surface area contributed by atoms with Crippen LogP contribution in [0.2, 0.25) is 5.02 Å². The summed E-state index contributed by atoms with van der Waals surface area (Å²) in [7, 11) is 0. The van der Waals surface area contributed by atoms with E-state index in [1.807, 2.05) is 22.6 Å². The van der Waals surface area contributed by atoms with Crippen LogP contribution in [0.5, 0.6) is 5.75 Å². The van der Waals surface area contributed by atoms with Crippen LogP contribution in [-0.2, 0) is 0 Å². The Hall–Kier alpha value is -1.60. The zero-order chi connectivity index (χ0) is 15.1. The van der Waals surface area contributed by atoms with E-state index >= 15 is 0 Å². The number of hydrogen-bond acceptors (Lipinski definition) is 2. The highest BCUT2D eigenvalue weighted by Gasteiger charge is 2.15. The van der Waals surface area contributed by atoms with Gasteiger partial charge in [0.1, 0.15) is 11.6 Å². The molecular formula is C15H8ClFINO2. The van der Waals surface area contributed by atoms with E-state index in [0.717, 1.165) is 3.57 Å². The van der Waals surface area contributed by atoms with Crippen LogP contribution >= 0.6 is 34.2 Å². The molecule has 0 aliphatic carbocycles. The third kappa shape index (κ3) is 2.51. The average molecular weight is 416 g/mol. The lowest BCUT2D eigenvalue weighted by molar-refractivity contribution is 0.482. The van der Waals surface area contributed by atoms with Crippen LogP contribution in [0.3, 0.4) is 0 Å². The van der Waals surface area contributed by atoms with E-state index in [9.17, 15) is 14.3 Å². The molecule has 3 aromatic rings. The summed E-state index contributed by atoms with van der Waals surface area (Å²) >= 11 is 8.06. The van der Waals surface area contributed by atoms with Crippen molar-refractivity contribution in [3.8, 4) is 16.9 Å². The smallest absolute Gasteiger partial charge is 0.260 e. The number of benzene rings is 2. The molecule has 0 spiro atoms. The number of nitrogens with one attached hydrogen (secondary N) is 1. The molecule has 106 valence electrons. The number of fused-ring (bicyclic) bond motifs is 1. The first-order chi connectivity index (χ1) is 9.97. The highest BCUT2D eigenvalue weighted by molar-refractivity contribution is 14.1. The molecule has 0 aliphatic rings. The number of aromatic nitrogens is 1. The Morgan fingerprint density at radius 3 is 2.52 bits per heavy atom. The van der Waals surface area contributed by atoms with Gasteiger partial charge in [-0.25, -0.2) is 4.39 Å². The van der Waals surface area contributed by atoms with Gasteiger partial charge in [0.05, 0.1) is 16.1 Å². The molecule has 0 radical (unpaired) electrons. The fraction of sp³-hybridized carbons (Fsp3) is 0. The molecule has 0 saturated heterocycles. The van der Waals surface area contributed by atoms with Gasteiger partial charge in [-0.2, -0.15) is 0 Å². The second-order valence-electron chi connectivity index (χ2n) is 4.50. The number of H-pyrrole nitrogens is 1.